The highest BCUT2D eigenvalue weighted by atomic mass is 16.5. The molecule has 0 saturated heterocycles. The van der Waals surface area contributed by atoms with Crippen LogP contribution in [0.2, 0.25) is 0 Å². The highest BCUT2D eigenvalue weighted by molar-refractivity contribution is 5.78. The average Bonchev–Trinajstić information content (AvgIpc) is 2.20. The van der Waals surface area contributed by atoms with Crippen molar-refractivity contribution in [2.45, 2.75) is 6.04 Å². The first kappa shape index (κ1) is 10.3. The molecule has 1 aromatic rings. The van der Waals surface area contributed by atoms with E-state index in [1.807, 2.05) is 0 Å². The van der Waals surface area contributed by atoms with E-state index in [0.29, 0.717) is 0 Å². The van der Waals surface area contributed by atoms with Gasteiger partial charge in [-0.1, -0.05) is 12.1 Å². The first-order valence-electron chi connectivity index (χ1n) is 3.92. The monoisotopic (exact) mass is 197 g/mol. The first-order valence-corrected chi connectivity index (χ1v) is 3.92. The lowest BCUT2D eigenvalue weighted by molar-refractivity contribution is -0.142. The Hall–Kier alpha value is -1.75. The van der Waals surface area contributed by atoms with Gasteiger partial charge in [-0.3, -0.25) is 4.79 Å². The lowest BCUT2D eigenvalue weighted by Crippen LogP contribution is -2.22. The Balaban J connectivity index is 3.07. The van der Waals surface area contributed by atoms with Crippen molar-refractivity contribution in [3.8, 4) is 11.5 Å². The number of benzene rings is 1. The van der Waals surface area contributed by atoms with Crippen molar-refractivity contribution in [3.05, 3.63) is 23.8 Å². The lowest BCUT2D eigenvalue weighted by Gasteiger charge is -2.11. The van der Waals surface area contributed by atoms with Crippen LogP contribution in [0.5, 0.6) is 11.5 Å². The average molecular weight is 197 g/mol. The maximum absolute atomic E-state index is 11.0. The van der Waals surface area contributed by atoms with E-state index >= 15 is 0 Å². The third-order valence-electron chi connectivity index (χ3n) is 1.84. The van der Waals surface area contributed by atoms with Crippen LogP contribution in [0.25, 0.3) is 0 Å². The van der Waals surface area contributed by atoms with E-state index in [1.54, 1.807) is 0 Å². The molecule has 5 nitrogen and oxygen atoms in total. The maximum Gasteiger partial charge on any atom is 0.327 e. The Kier molecular flexibility index (Phi) is 2.93. The molecule has 0 aromatic heterocycles. The number of carbonyl (C=O) groups excluding carboxylic acids is 1. The fourth-order valence-electron chi connectivity index (χ4n) is 1.05. The highest BCUT2D eigenvalue weighted by Crippen LogP contribution is 2.31. The van der Waals surface area contributed by atoms with Gasteiger partial charge in [-0.05, 0) is 6.07 Å². The Morgan fingerprint density at radius 2 is 2.14 bits per heavy atom. The molecule has 0 heterocycles. The Morgan fingerprint density at radius 1 is 1.50 bits per heavy atom. The van der Waals surface area contributed by atoms with Gasteiger partial charge < -0.3 is 20.7 Å². The molecular formula is C9H11NO4. The van der Waals surface area contributed by atoms with E-state index in [0.717, 1.165) is 0 Å². The zero-order valence-electron chi connectivity index (χ0n) is 7.60. The van der Waals surface area contributed by atoms with Gasteiger partial charge in [0.15, 0.2) is 11.5 Å². The highest BCUT2D eigenvalue weighted by Gasteiger charge is 2.20. The van der Waals surface area contributed by atoms with Crippen molar-refractivity contribution >= 4 is 5.97 Å². The minimum atomic E-state index is -1.09. The summed E-state index contributed by atoms with van der Waals surface area (Å²) in [4.78, 5) is 11.0. The molecule has 0 spiro atoms. The molecule has 76 valence electrons. The summed E-state index contributed by atoms with van der Waals surface area (Å²) >= 11 is 0. The number of phenolic OH excluding ortho intramolecular Hbond substituents is 2. The minimum Gasteiger partial charge on any atom is -0.504 e. The van der Waals surface area contributed by atoms with E-state index in [9.17, 15) is 9.90 Å². The molecule has 5 heteroatoms. The van der Waals surface area contributed by atoms with Crippen molar-refractivity contribution in [3.63, 3.8) is 0 Å². The zero-order valence-corrected chi connectivity index (χ0v) is 7.60. The number of hydrogen-bond acceptors (Lipinski definition) is 5. The van der Waals surface area contributed by atoms with Crippen LogP contribution in [0.15, 0.2) is 18.2 Å². The Morgan fingerprint density at radius 3 is 2.71 bits per heavy atom. The SMILES string of the molecule is COC(=O)[C@H](N)c1cccc(O)c1O. The standard InChI is InChI=1S/C9H11NO4/c1-14-9(13)7(10)5-3-2-4-6(11)8(5)12/h2-4,7,11-12H,10H2,1H3/t7-/m1/s1. The predicted octanol–water partition coefficient (Wildman–Crippen LogP) is 0.271. The molecule has 4 N–H and O–H groups in total. The molecule has 0 saturated carbocycles. The van der Waals surface area contributed by atoms with E-state index in [1.165, 1.54) is 25.3 Å². The lowest BCUT2D eigenvalue weighted by atomic mass is 10.1. The number of nitrogens with two attached hydrogens (primary N) is 1. The van der Waals surface area contributed by atoms with Crippen LogP contribution in [0.4, 0.5) is 0 Å². The van der Waals surface area contributed by atoms with Crippen molar-refractivity contribution in [1.82, 2.24) is 0 Å². The summed E-state index contributed by atoms with van der Waals surface area (Å²) in [5, 5.41) is 18.5. The van der Waals surface area contributed by atoms with Gasteiger partial charge in [0.2, 0.25) is 0 Å². The fraction of sp³-hybridized carbons (Fsp3) is 0.222. The van der Waals surface area contributed by atoms with Crippen LogP contribution in [-0.4, -0.2) is 23.3 Å². The van der Waals surface area contributed by atoms with Crippen LogP contribution in [0.3, 0.4) is 0 Å². The molecule has 0 aliphatic carbocycles. The van der Waals surface area contributed by atoms with Crippen molar-refractivity contribution < 1.29 is 19.7 Å². The van der Waals surface area contributed by atoms with Crippen LogP contribution in [0.1, 0.15) is 11.6 Å². The summed E-state index contributed by atoms with van der Waals surface area (Å²) in [6.07, 6.45) is 0. The number of phenols is 2. The predicted molar refractivity (Wildman–Crippen MR) is 48.7 cm³/mol. The maximum atomic E-state index is 11.0. The Labute approximate surface area is 80.7 Å². The number of methoxy groups -OCH3 is 1. The zero-order chi connectivity index (χ0) is 10.7. The molecule has 1 aromatic carbocycles. The van der Waals surface area contributed by atoms with Crippen LogP contribution >= 0.6 is 0 Å². The molecule has 1 rings (SSSR count). The number of rotatable bonds is 2. The summed E-state index contributed by atoms with van der Waals surface area (Å²) in [7, 11) is 1.20. The molecule has 0 amide bonds. The van der Waals surface area contributed by atoms with E-state index < -0.39 is 17.8 Å². The van der Waals surface area contributed by atoms with Gasteiger partial charge >= 0.3 is 5.97 Å². The molecule has 0 aliphatic heterocycles. The molecule has 0 unspecified atom stereocenters. The van der Waals surface area contributed by atoms with Gasteiger partial charge in [0.1, 0.15) is 6.04 Å². The molecule has 0 bridgehead atoms. The second-order valence-electron chi connectivity index (χ2n) is 2.72. The van der Waals surface area contributed by atoms with Gasteiger partial charge in [0.05, 0.1) is 7.11 Å². The first-order chi connectivity index (χ1) is 6.57. The van der Waals surface area contributed by atoms with E-state index in [4.69, 9.17) is 10.8 Å². The second-order valence-corrected chi connectivity index (χ2v) is 2.72. The number of hydrogen-bond donors (Lipinski definition) is 3. The molecular weight excluding hydrogens is 186 g/mol. The van der Waals surface area contributed by atoms with Gasteiger partial charge in [-0.2, -0.15) is 0 Å². The quantitative estimate of drug-likeness (QED) is 0.467. The van der Waals surface area contributed by atoms with Gasteiger partial charge in [0.25, 0.3) is 0 Å². The van der Waals surface area contributed by atoms with Crippen molar-refractivity contribution in [2.24, 2.45) is 5.73 Å². The molecule has 14 heavy (non-hydrogen) atoms. The summed E-state index contributed by atoms with van der Waals surface area (Å²) in [5.41, 5.74) is 5.61. The topological polar surface area (TPSA) is 92.8 Å². The van der Waals surface area contributed by atoms with Gasteiger partial charge in [-0.25, -0.2) is 0 Å². The van der Waals surface area contributed by atoms with Crippen LogP contribution in [0, 0.1) is 0 Å². The number of carbonyl (C=O) groups is 1. The number of ether oxygens (including phenoxy) is 1. The molecule has 1 atom stereocenters. The van der Waals surface area contributed by atoms with Crippen molar-refractivity contribution in [1.29, 1.82) is 0 Å². The van der Waals surface area contributed by atoms with Crippen molar-refractivity contribution in [2.75, 3.05) is 7.11 Å². The molecule has 0 radical (unpaired) electrons. The summed E-state index contributed by atoms with van der Waals surface area (Å²) in [6, 6.07) is 3.12. The summed E-state index contributed by atoms with van der Waals surface area (Å²) in [6.45, 7) is 0. The van der Waals surface area contributed by atoms with E-state index in [2.05, 4.69) is 4.74 Å². The molecule has 0 aliphatic rings. The van der Waals surface area contributed by atoms with Gasteiger partial charge in [0, 0.05) is 5.56 Å². The fourth-order valence-corrected chi connectivity index (χ4v) is 1.05. The number of esters is 1. The summed E-state index contributed by atoms with van der Waals surface area (Å²) in [5.74, 6) is -1.39. The smallest absolute Gasteiger partial charge is 0.327 e. The third kappa shape index (κ3) is 1.77. The second kappa shape index (κ2) is 3.97. The summed E-state index contributed by atoms with van der Waals surface area (Å²) < 4.78 is 4.40. The third-order valence-corrected chi connectivity index (χ3v) is 1.84. The number of para-hydroxylation sites is 1. The molecule has 0 fully saturated rings. The van der Waals surface area contributed by atoms with Crippen LogP contribution in [-0.2, 0) is 9.53 Å². The largest absolute Gasteiger partial charge is 0.504 e. The van der Waals surface area contributed by atoms with Gasteiger partial charge in [-0.15, -0.1) is 0 Å². The number of aromatic hydroxyl groups is 2. The van der Waals surface area contributed by atoms with E-state index in [-0.39, 0.29) is 11.3 Å². The van der Waals surface area contributed by atoms with Crippen LogP contribution < -0.4 is 5.73 Å². The Bertz CT molecular complexity index is 351. The normalized spacial score (nSPS) is 12.1. The minimum absolute atomic E-state index is 0.136.